The number of carbonyl (C=O) groups is 1. The molecule has 0 aromatic carbocycles. The van der Waals surface area contributed by atoms with Gasteiger partial charge in [0, 0.05) is 6.42 Å². The third-order valence-electron chi connectivity index (χ3n) is 9.87. The molecule has 0 radical (unpaired) electrons. The molecule has 8 atom stereocenters. The summed E-state index contributed by atoms with van der Waals surface area (Å²) in [5.74, 6) is 3.74. The van der Waals surface area contributed by atoms with Crippen molar-refractivity contribution in [3.05, 3.63) is 11.6 Å². The summed E-state index contributed by atoms with van der Waals surface area (Å²) in [5.41, 5.74) is 2.34. The van der Waals surface area contributed by atoms with Gasteiger partial charge in [-0.1, -0.05) is 32.4 Å². The maximum atomic E-state index is 11.6. The van der Waals surface area contributed by atoms with E-state index >= 15 is 0 Å². The Balaban J connectivity index is 1.51. The van der Waals surface area contributed by atoms with Gasteiger partial charge in [0.1, 0.15) is 0 Å². The minimum Gasteiger partial charge on any atom is -0.469 e. The topological polar surface area (TPSA) is 46.5 Å². The molecule has 0 aromatic rings. The Hall–Kier alpha value is -0.830. The molecule has 0 bridgehead atoms. The van der Waals surface area contributed by atoms with E-state index in [0.29, 0.717) is 23.2 Å². The standard InChI is InChI=1S/C25H40O3/c1-16(5-10-23(27)28-4)20-8-9-21-19-7-6-17-15-18(26)11-13-24(17,2)22(19)12-14-25(20,21)3/h6,16,18-22,26H,5,7-15H2,1-4H3/t16-,18-,19+,20-,21+,22-,24+,25-/m1/s1. The van der Waals surface area contributed by atoms with E-state index in [2.05, 4.69) is 26.8 Å². The number of aliphatic hydroxyl groups excluding tert-OH is 1. The molecule has 0 aromatic heterocycles. The van der Waals surface area contributed by atoms with Gasteiger partial charge in [-0.15, -0.1) is 0 Å². The highest BCUT2D eigenvalue weighted by molar-refractivity contribution is 5.69. The van der Waals surface area contributed by atoms with Gasteiger partial charge in [0.25, 0.3) is 0 Å². The Morgan fingerprint density at radius 3 is 2.75 bits per heavy atom. The molecule has 3 fully saturated rings. The van der Waals surface area contributed by atoms with E-state index in [1.807, 2.05) is 0 Å². The van der Waals surface area contributed by atoms with Crippen molar-refractivity contribution in [2.45, 2.75) is 91.1 Å². The molecule has 3 saturated carbocycles. The number of carbonyl (C=O) groups excluding carboxylic acids is 1. The average Bonchev–Trinajstić information content (AvgIpc) is 3.03. The van der Waals surface area contributed by atoms with Crippen LogP contribution in [0.2, 0.25) is 0 Å². The van der Waals surface area contributed by atoms with Crippen LogP contribution < -0.4 is 0 Å². The van der Waals surface area contributed by atoms with Crippen molar-refractivity contribution in [2.24, 2.45) is 40.4 Å². The Bertz CT molecular complexity index is 640. The molecule has 0 spiro atoms. The fourth-order valence-electron chi connectivity index (χ4n) is 8.27. The third kappa shape index (κ3) is 3.16. The van der Waals surface area contributed by atoms with Crippen LogP contribution in [-0.2, 0) is 9.53 Å². The molecule has 0 heterocycles. The summed E-state index contributed by atoms with van der Waals surface area (Å²) in [7, 11) is 1.50. The fourth-order valence-corrected chi connectivity index (χ4v) is 8.27. The average molecular weight is 389 g/mol. The molecule has 1 N–H and O–H groups in total. The minimum absolute atomic E-state index is 0.0624. The number of allylic oxidation sites excluding steroid dienone is 1. The number of methoxy groups -OCH3 is 1. The maximum absolute atomic E-state index is 11.6. The van der Waals surface area contributed by atoms with Crippen LogP contribution in [0.5, 0.6) is 0 Å². The highest BCUT2D eigenvalue weighted by Crippen LogP contribution is 2.67. The zero-order valence-electron chi connectivity index (χ0n) is 18.4. The maximum Gasteiger partial charge on any atom is 0.305 e. The van der Waals surface area contributed by atoms with E-state index < -0.39 is 0 Å². The summed E-state index contributed by atoms with van der Waals surface area (Å²) >= 11 is 0. The molecule has 4 aliphatic carbocycles. The first-order chi connectivity index (χ1) is 13.3. The second kappa shape index (κ2) is 7.45. The molecule has 0 amide bonds. The van der Waals surface area contributed by atoms with Crippen molar-refractivity contribution in [1.82, 2.24) is 0 Å². The first-order valence-electron chi connectivity index (χ1n) is 11.7. The van der Waals surface area contributed by atoms with Gasteiger partial charge >= 0.3 is 5.97 Å². The molecule has 4 rings (SSSR count). The number of hydrogen-bond donors (Lipinski definition) is 1. The van der Waals surface area contributed by atoms with E-state index in [9.17, 15) is 9.90 Å². The lowest BCUT2D eigenvalue weighted by Gasteiger charge is -2.58. The molecular weight excluding hydrogens is 348 g/mol. The van der Waals surface area contributed by atoms with E-state index in [1.54, 1.807) is 5.57 Å². The summed E-state index contributed by atoms with van der Waals surface area (Å²) < 4.78 is 4.87. The van der Waals surface area contributed by atoms with Crippen LogP contribution in [0.25, 0.3) is 0 Å². The van der Waals surface area contributed by atoms with Gasteiger partial charge in [-0.2, -0.15) is 0 Å². The number of esters is 1. The molecule has 0 saturated heterocycles. The number of fused-ring (bicyclic) bond motifs is 5. The largest absolute Gasteiger partial charge is 0.469 e. The van der Waals surface area contributed by atoms with Gasteiger partial charge in [-0.25, -0.2) is 0 Å². The predicted octanol–water partition coefficient (Wildman–Crippen LogP) is 5.52. The molecule has 4 aliphatic rings. The highest BCUT2D eigenvalue weighted by Gasteiger charge is 2.59. The first kappa shape index (κ1) is 20.4. The Morgan fingerprint density at radius 1 is 1.21 bits per heavy atom. The van der Waals surface area contributed by atoms with Crippen molar-refractivity contribution >= 4 is 5.97 Å². The Labute approximate surface area is 171 Å². The second-order valence-electron chi connectivity index (χ2n) is 11.0. The van der Waals surface area contributed by atoms with Crippen molar-refractivity contribution in [3.8, 4) is 0 Å². The lowest BCUT2D eigenvalue weighted by molar-refractivity contribution is -0.141. The van der Waals surface area contributed by atoms with Crippen LogP contribution in [0.4, 0.5) is 0 Å². The summed E-state index contributed by atoms with van der Waals surface area (Å²) in [6.07, 6.45) is 13.6. The van der Waals surface area contributed by atoms with E-state index in [-0.39, 0.29) is 12.1 Å². The van der Waals surface area contributed by atoms with Crippen LogP contribution in [0.15, 0.2) is 11.6 Å². The predicted molar refractivity (Wildman–Crippen MR) is 112 cm³/mol. The molecule has 3 heteroatoms. The summed E-state index contributed by atoms with van der Waals surface area (Å²) in [4.78, 5) is 11.6. The quantitative estimate of drug-likeness (QED) is 0.510. The summed E-state index contributed by atoms with van der Waals surface area (Å²) in [6.45, 7) is 7.46. The zero-order chi connectivity index (χ0) is 20.1. The molecular formula is C25H40O3. The van der Waals surface area contributed by atoms with Crippen LogP contribution >= 0.6 is 0 Å². The molecule has 158 valence electrons. The SMILES string of the molecule is COC(=O)CC[C@@H](C)[C@H]1CC[C@H]2[C@@H]3CC=C4C[C@H](O)CC[C@]4(C)[C@@H]3CC[C@]12C. The first-order valence-corrected chi connectivity index (χ1v) is 11.7. The van der Waals surface area contributed by atoms with E-state index in [0.717, 1.165) is 42.9 Å². The van der Waals surface area contributed by atoms with Crippen molar-refractivity contribution in [2.75, 3.05) is 7.11 Å². The van der Waals surface area contributed by atoms with Crippen molar-refractivity contribution < 1.29 is 14.6 Å². The molecule has 0 unspecified atom stereocenters. The Kier molecular flexibility index (Phi) is 5.44. The van der Waals surface area contributed by atoms with Gasteiger partial charge < -0.3 is 9.84 Å². The van der Waals surface area contributed by atoms with Crippen LogP contribution in [-0.4, -0.2) is 24.3 Å². The van der Waals surface area contributed by atoms with Crippen LogP contribution in [0.1, 0.15) is 85.0 Å². The summed E-state index contributed by atoms with van der Waals surface area (Å²) in [6, 6.07) is 0. The van der Waals surface area contributed by atoms with Crippen LogP contribution in [0.3, 0.4) is 0 Å². The molecule has 3 nitrogen and oxygen atoms in total. The van der Waals surface area contributed by atoms with Gasteiger partial charge in [0.15, 0.2) is 0 Å². The van der Waals surface area contributed by atoms with Gasteiger partial charge in [0.2, 0.25) is 0 Å². The minimum atomic E-state index is -0.115. The number of ether oxygens (including phenoxy) is 1. The lowest BCUT2D eigenvalue weighted by Crippen LogP contribution is -2.50. The molecule has 0 aliphatic heterocycles. The van der Waals surface area contributed by atoms with Gasteiger partial charge in [0.05, 0.1) is 13.2 Å². The summed E-state index contributed by atoms with van der Waals surface area (Å²) in [5, 5.41) is 10.2. The smallest absolute Gasteiger partial charge is 0.305 e. The van der Waals surface area contributed by atoms with Gasteiger partial charge in [-0.05, 0) is 98.2 Å². The van der Waals surface area contributed by atoms with Crippen LogP contribution in [0, 0.1) is 40.4 Å². The van der Waals surface area contributed by atoms with E-state index in [4.69, 9.17) is 4.74 Å². The van der Waals surface area contributed by atoms with E-state index in [1.165, 1.54) is 45.6 Å². The highest BCUT2D eigenvalue weighted by atomic mass is 16.5. The number of rotatable bonds is 4. The van der Waals surface area contributed by atoms with Crippen molar-refractivity contribution in [3.63, 3.8) is 0 Å². The third-order valence-corrected chi connectivity index (χ3v) is 9.87. The fraction of sp³-hybridized carbons (Fsp3) is 0.880. The van der Waals surface area contributed by atoms with Gasteiger partial charge in [-0.3, -0.25) is 4.79 Å². The number of aliphatic hydroxyl groups is 1. The molecule has 28 heavy (non-hydrogen) atoms. The normalized spacial score (nSPS) is 46.0. The number of hydrogen-bond acceptors (Lipinski definition) is 3. The Morgan fingerprint density at radius 2 is 2.00 bits per heavy atom. The lowest BCUT2D eigenvalue weighted by atomic mass is 9.47. The monoisotopic (exact) mass is 388 g/mol. The van der Waals surface area contributed by atoms with Crippen molar-refractivity contribution in [1.29, 1.82) is 0 Å². The zero-order valence-corrected chi connectivity index (χ0v) is 18.4. The second-order valence-corrected chi connectivity index (χ2v) is 11.0.